The van der Waals surface area contributed by atoms with Crippen molar-refractivity contribution in [1.29, 1.82) is 0 Å². The Bertz CT molecular complexity index is 448. The molecule has 4 nitrogen and oxygen atoms in total. The van der Waals surface area contributed by atoms with Crippen molar-refractivity contribution in [1.82, 2.24) is 9.78 Å². The zero-order valence-electron chi connectivity index (χ0n) is 7.77. The lowest BCUT2D eigenvalue weighted by molar-refractivity contribution is 0.402. The summed E-state index contributed by atoms with van der Waals surface area (Å²) in [4.78, 5) is 0.173. The van der Waals surface area contributed by atoms with Gasteiger partial charge in [-0.2, -0.15) is 5.10 Å². The highest BCUT2D eigenvalue weighted by atomic mass is 35.7. The first kappa shape index (κ1) is 9.98. The SMILES string of the molecule is Cn1cc(S(=O)(=O)Cl)c(C2CCC2)n1. The van der Waals surface area contributed by atoms with E-state index in [-0.39, 0.29) is 10.8 Å². The van der Waals surface area contributed by atoms with Crippen LogP contribution in [-0.4, -0.2) is 18.2 Å². The summed E-state index contributed by atoms with van der Waals surface area (Å²) < 4.78 is 24.0. The van der Waals surface area contributed by atoms with Crippen LogP contribution in [0.2, 0.25) is 0 Å². The first-order chi connectivity index (χ1) is 6.48. The second-order valence-corrected chi connectivity index (χ2v) is 6.15. The fourth-order valence-electron chi connectivity index (χ4n) is 1.64. The number of nitrogens with zero attached hydrogens (tertiary/aromatic N) is 2. The van der Waals surface area contributed by atoms with Crippen LogP contribution < -0.4 is 0 Å². The van der Waals surface area contributed by atoms with Gasteiger partial charge in [0.1, 0.15) is 4.90 Å². The Morgan fingerprint density at radius 3 is 2.64 bits per heavy atom. The summed E-state index contributed by atoms with van der Waals surface area (Å²) in [6.07, 6.45) is 4.63. The number of hydrogen-bond acceptors (Lipinski definition) is 3. The summed E-state index contributed by atoms with van der Waals surface area (Å²) in [7, 11) is 3.38. The third-order valence-electron chi connectivity index (χ3n) is 2.58. The van der Waals surface area contributed by atoms with Crippen molar-refractivity contribution in [3.63, 3.8) is 0 Å². The Hall–Kier alpha value is -0.550. The first-order valence-electron chi connectivity index (χ1n) is 4.46. The van der Waals surface area contributed by atoms with Gasteiger partial charge >= 0.3 is 0 Å². The normalized spacial score (nSPS) is 18.1. The van der Waals surface area contributed by atoms with E-state index in [2.05, 4.69) is 5.10 Å². The quantitative estimate of drug-likeness (QED) is 0.731. The predicted octanol–water partition coefficient (Wildman–Crippen LogP) is 1.62. The van der Waals surface area contributed by atoms with Gasteiger partial charge in [0.25, 0.3) is 9.05 Å². The minimum Gasteiger partial charge on any atom is -0.274 e. The van der Waals surface area contributed by atoms with Crippen LogP contribution in [0.5, 0.6) is 0 Å². The smallest absolute Gasteiger partial charge is 0.264 e. The molecule has 0 N–H and O–H groups in total. The van der Waals surface area contributed by atoms with Gasteiger partial charge in [0.2, 0.25) is 0 Å². The monoisotopic (exact) mass is 234 g/mol. The first-order valence-corrected chi connectivity index (χ1v) is 6.77. The topological polar surface area (TPSA) is 52.0 Å². The largest absolute Gasteiger partial charge is 0.274 e. The molecule has 1 aromatic heterocycles. The van der Waals surface area contributed by atoms with Crippen molar-refractivity contribution in [3.8, 4) is 0 Å². The molecule has 1 aliphatic carbocycles. The van der Waals surface area contributed by atoms with Gasteiger partial charge in [0, 0.05) is 29.8 Å². The highest BCUT2D eigenvalue weighted by molar-refractivity contribution is 8.13. The zero-order valence-corrected chi connectivity index (χ0v) is 9.35. The van der Waals surface area contributed by atoms with E-state index in [1.54, 1.807) is 7.05 Å². The van der Waals surface area contributed by atoms with Crippen molar-refractivity contribution in [3.05, 3.63) is 11.9 Å². The van der Waals surface area contributed by atoms with E-state index < -0.39 is 9.05 Å². The zero-order chi connectivity index (χ0) is 10.3. The average molecular weight is 235 g/mol. The molecule has 0 amide bonds. The third-order valence-corrected chi connectivity index (χ3v) is 3.92. The summed E-state index contributed by atoms with van der Waals surface area (Å²) in [6.45, 7) is 0. The van der Waals surface area contributed by atoms with Gasteiger partial charge in [0.05, 0.1) is 5.69 Å². The van der Waals surface area contributed by atoms with E-state index in [0.29, 0.717) is 5.69 Å². The number of hydrogen-bond donors (Lipinski definition) is 0. The highest BCUT2D eigenvalue weighted by Crippen LogP contribution is 2.38. The summed E-state index contributed by atoms with van der Waals surface area (Å²) in [5.41, 5.74) is 0.633. The Morgan fingerprint density at radius 2 is 2.21 bits per heavy atom. The summed E-state index contributed by atoms with van der Waals surface area (Å²) in [6, 6.07) is 0. The fourth-order valence-corrected chi connectivity index (χ4v) is 2.73. The van der Waals surface area contributed by atoms with Crippen molar-refractivity contribution >= 4 is 19.7 Å². The molecule has 0 aliphatic heterocycles. The van der Waals surface area contributed by atoms with Crippen LogP contribution in [-0.2, 0) is 16.1 Å². The summed E-state index contributed by atoms with van der Waals surface area (Å²) >= 11 is 0. The van der Waals surface area contributed by atoms with Gasteiger partial charge in [-0.15, -0.1) is 0 Å². The lowest BCUT2D eigenvalue weighted by Crippen LogP contribution is -2.12. The Balaban J connectivity index is 2.48. The molecule has 0 unspecified atom stereocenters. The maximum absolute atomic E-state index is 11.2. The Kier molecular flexibility index (Phi) is 2.31. The minimum atomic E-state index is -3.64. The molecule has 1 aromatic rings. The van der Waals surface area contributed by atoms with Crippen LogP contribution in [0.1, 0.15) is 30.9 Å². The second-order valence-electron chi connectivity index (χ2n) is 3.62. The van der Waals surface area contributed by atoms with Gasteiger partial charge in [-0.1, -0.05) is 6.42 Å². The van der Waals surface area contributed by atoms with E-state index in [0.717, 1.165) is 19.3 Å². The van der Waals surface area contributed by atoms with Crippen molar-refractivity contribution in [2.45, 2.75) is 30.1 Å². The summed E-state index contributed by atoms with van der Waals surface area (Å²) in [5.74, 6) is 0.278. The number of aromatic nitrogens is 2. The second kappa shape index (κ2) is 3.24. The molecule has 2 rings (SSSR count). The number of halogens is 1. The van der Waals surface area contributed by atoms with Crippen molar-refractivity contribution in [2.75, 3.05) is 0 Å². The van der Waals surface area contributed by atoms with E-state index in [1.165, 1.54) is 10.9 Å². The van der Waals surface area contributed by atoms with Gasteiger partial charge in [0.15, 0.2) is 0 Å². The molecule has 1 aliphatic rings. The molecule has 1 saturated carbocycles. The van der Waals surface area contributed by atoms with Gasteiger partial charge in [-0.3, -0.25) is 4.68 Å². The molecule has 0 bridgehead atoms. The Labute approximate surface area is 87.3 Å². The maximum atomic E-state index is 11.2. The molecule has 6 heteroatoms. The molecule has 1 fully saturated rings. The molecule has 0 spiro atoms. The van der Waals surface area contributed by atoms with E-state index in [1.807, 2.05) is 0 Å². The maximum Gasteiger partial charge on any atom is 0.264 e. The van der Waals surface area contributed by atoms with Crippen molar-refractivity contribution in [2.24, 2.45) is 7.05 Å². The predicted molar refractivity (Wildman–Crippen MR) is 52.8 cm³/mol. The van der Waals surface area contributed by atoms with Gasteiger partial charge < -0.3 is 0 Å². The molecule has 14 heavy (non-hydrogen) atoms. The molecule has 0 radical (unpaired) electrons. The van der Waals surface area contributed by atoms with Crippen LogP contribution in [0.25, 0.3) is 0 Å². The van der Waals surface area contributed by atoms with Crippen molar-refractivity contribution < 1.29 is 8.42 Å². The van der Waals surface area contributed by atoms with E-state index >= 15 is 0 Å². The van der Waals surface area contributed by atoms with E-state index in [9.17, 15) is 8.42 Å². The standard InChI is InChI=1S/C8H11ClN2O2S/c1-11-5-7(14(9,12)13)8(10-11)6-3-2-4-6/h5-6H,2-4H2,1H3. The van der Waals surface area contributed by atoms with Gasteiger partial charge in [-0.25, -0.2) is 8.42 Å². The van der Waals surface area contributed by atoms with Crippen LogP contribution >= 0.6 is 10.7 Å². The van der Waals surface area contributed by atoms with Crippen LogP contribution in [0.15, 0.2) is 11.1 Å². The molecular formula is C8H11ClN2O2S. The molecule has 0 saturated heterocycles. The third kappa shape index (κ3) is 1.66. The Morgan fingerprint density at radius 1 is 1.57 bits per heavy atom. The lowest BCUT2D eigenvalue weighted by Gasteiger charge is -2.23. The lowest BCUT2D eigenvalue weighted by atomic mass is 9.83. The molecule has 1 heterocycles. The minimum absolute atomic E-state index is 0.173. The van der Waals surface area contributed by atoms with Crippen LogP contribution in [0, 0.1) is 0 Å². The van der Waals surface area contributed by atoms with Crippen LogP contribution in [0.3, 0.4) is 0 Å². The van der Waals surface area contributed by atoms with E-state index in [4.69, 9.17) is 10.7 Å². The number of rotatable bonds is 2. The molecule has 78 valence electrons. The summed E-state index contributed by atoms with van der Waals surface area (Å²) in [5, 5.41) is 4.15. The molecule has 0 atom stereocenters. The number of aryl methyl sites for hydroxylation is 1. The van der Waals surface area contributed by atoms with Crippen LogP contribution in [0.4, 0.5) is 0 Å². The van der Waals surface area contributed by atoms with Gasteiger partial charge in [-0.05, 0) is 12.8 Å². The fraction of sp³-hybridized carbons (Fsp3) is 0.625. The highest BCUT2D eigenvalue weighted by Gasteiger charge is 2.29. The molecule has 0 aromatic carbocycles. The molecular weight excluding hydrogens is 224 g/mol. The average Bonchev–Trinajstić information content (AvgIpc) is 2.26.